The summed E-state index contributed by atoms with van der Waals surface area (Å²) in [5.74, 6) is 0.890. The van der Waals surface area contributed by atoms with Crippen LogP contribution >= 0.6 is 0 Å². The highest BCUT2D eigenvalue weighted by molar-refractivity contribution is 5.61. The van der Waals surface area contributed by atoms with Gasteiger partial charge in [0.2, 0.25) is 0 Å². The van der Waals surface area contributed by atoms with Gasteiger partial charge in [-0.1, -0.05) is 12.1 Å². The highest BCUT2D eigenvalue weighted by Crippen LogP contribution is 2.19. The van der Waals surface area contributed by atoms with Crippen LogP contribution < -0.4 is 11.1 Å². The Morgan fingerprint density at radius 3 is 3.00 bits per heavy atom. The van der Waals surface area contributed by atoms with Gasteiger partial charge >= 0.3 is 0 Å². The highest BCUT2D eigenvalue weighted by atomic mass is 15.3. The summed E-state index contributed by atoms with van der Waals surface area (Å²) >= 11 is 0. The third-order valence-corrected chi connectivity index (χ3v) is 2.96. The van der Waals surface area contributed by atoms with Crippen LogP contribution in [0, 0.1) is 6.92 Å². The Hall–Kier alpha value is -2.40. The van der Waals surface area contributed by atoms with E-state index >= 15 is 0 Å². The fourth-order valence-corrected chi connectivity index (χ4v) is 2.07. The molecule has 0 aliphatic heterocycles. The first kappa shape index (κ1) is 11.7. The summed E-state index contributed by atoms with van der Waals surface area (Å²) in [5, 5.41) is 7.57. The summed E-state index contributed by atoms with van der Waals surface area (Å²) < 4.78 is 1.78. The van der Waals surface area contributed by atoms with Crippen molar-refractivity contribution in [3.05, 3.63) is 53.9 Å². The molecule has 3 aromatic rings. The van der Waals surface area contributed by atoms with Crippen LogP contribution in [-0.2, 0) is 6.54 Å². The molecule has 3 N–H and O–H groups in total. The molecule has 0 atom stereocenters. The van der Waals surface area contributed by atoms with Crippen molar-refractivity contribution in [1.82, 2.24) is 14.6 Å². The molecule has 0 bridgehead atoms. The lowest BCUT2D eigenvalue weighted by Gasteiger charge is -2.10. The standard InChI is InChI=1S/C14H15N5/c1-10-5-13-16-9-17-19(13)14(6-10)18-12-4-2-3-11(7-12)8-15/h2-7,9,18H,8,15H2,1H3. The number of rotatable bonds is 3. The lowest BCUT2D eigenvalue weighted by atomic mass is 10.2. The Labute approximate surface area is 111 Å². The molecule has 0 saturated heterocycles. The second-order valence-electron chi connectivity index (χ2n) is 4.48. The molecule has 2 aromatic heterocycles. The van der Waals surface area contributed by atoms with Gasteiger partial charge in [-0.2, -0.15) is 9.61 Å². The number of hydrogen-bond donors (Lipinski definition) is 2. The van der Waals surface area contributed by atoms with Crippen LogP contribution in [0.4, 0.5) is 11.5 Å². The second kappa shape index (κ2) is 4.70. The Morgan fingerprint density at radius 2 is 2.16 bits per heavy atom. The van der Waals surface area contributed by atoms with Crippen molar-refractivity contribution in [2.45, 2.75) is 13.5 Å². The highest BCUT2D eigenvalue weighted by Gasteiger charge is 2.04. The number of nitrogens with zero attached hydrogens (tertiary/aromatic N) is 3. The number of aromatic nitrogens is 3. The maximum absolute atomic E-state index is 5.65. The van der Waals surface area contributed by atoms with Crippen LogP contribution in [-0.4, -0.2) is 14.6 Å². The van der Waals surface area contributed by atoms with E-state index in [9.17, 15) is 0 Å². The summed E-state index contributed by atoms with van der Waals surface area (Å²) in [4.78, 5) is 4.21. The van der Waals surface area contributed by atoms with E-state index in [4.69, 9.17) is 5.73 Å². The number of aryl methyl sites for hydroxylation is 1. The first-order valence-corrected chi connectivity index (χ1v) is 6.13. The number of nitrogens with two attached hydrogens (primary N) is 1. The summed E-state index contributed by atoms with van der Waals surface area (Å²) in [5.41, 5.74) is 9.70. The number of fused-ring (bicyclic) bond motifs is 1. The minimum Gasteiger partial charge on any atom is -0.340 e. The number of pyridine rings is 1. The average Bonchev–Trinajstić information content (AvgIpc) is 2.87. The summed E-state index contributed by atoms with van der Waals surface area (Å²) in [6, 6.07) is 12.1. The van der Waals surface area contributed by atoms with Gasteiger partial charge < -0.3 is 11.1 Å². The second-order valence-corrected chi connectivity index (χ2v) is 4.48. The zero-order valence-corrected chi connectivity index (χ0v) is 10.7. The Bertz CT molecular complexity index is 717. The van der Waals surface area contributed by atoms with Crippen LogP contribution in [0.5, 0.6) is 0 Å². The predicted molar refractivity (Wildman–Crippen MR) is 75.3 cm³/mol. The summed E-state index contributed by atoms with van der Waals surface area (Å²) in [6.07, 6.45) is 1.55. The van der Waals surface area contributed by atoms with Gasteiger partial charge in [0.05, 0.1) is 0 Å². The van der Waals surface area contributed by atoms with Gasteiger partial charge in [0, 0.05) is 12.2 Å². The van der Waals surface area contributed by atoms with Gasteiger partial charge in [0.25, 0.3) is 0 Å². The monoisotopic (exact) mass is 253 g/mol. The molecule has 0 amide bonds. The maximum atomic E-state index is 5.65. The van der Waals surface area contributed by atoms with Gasteiger partial charge in [0.1, 0.15) is 12.1 Å². The molecular formula is C14H15N5. The molecule has 0 unspecified atom stereocenters. The van der Waals surface area contributed by atoms with E-state index < -0.39 is 0 Å². The molecule has 5 heteroatoms. The normalized spacial score (nSPS) is 10.8. The molecule has 0 fully saturated rings. The van der Waals surface area contributed by atoms with Crippen LogP contribution in [0.1, 0.15) is 11.1 Å². The van der Waals surface area contributed by atoms with Crippen molar-refractivity contribution in [1.29, 1.82) is 0 Å². The van der Waals surface area contributed by atoms with Crippen molar-refractivity contribution >= 4 is 17.2 Å². The topological polar surface area (TPSA) is 68.2 Å². The van der Waals surface area contributed by atoms with E-state index in [-0.39, 0.29) is 0 Å². The first-order valence-electron chi connectivity index (χ1n) is 6.13. The Kier molecular flexibility index (Phi) is 2.89. The zero-order chi connectivity index (χ0) is 13.2. The van der Waals surface area contributed by atoms with Crippen molar-refractivity contribution in [2.24, 2.45) is 5.73 Å². The van der Waals surface area contributed by atoms with Crippen LogP contribution in [0.2, 0.25) is 0 Å². The van der Waals surface area contributed by atoms with Gasteiger partial charge in [-0.15, -0.1) is 0 Å². The lowest BCUT2D eigenvalue weighted by molar-refractivity contribution is 0.965. The molecule has 0 saturated carbocycles. The Balaban J connectivity index is 2.02. The third kappa shape index (κ3) is 2.28. The van der Waals surface area contributed by atoms with Gasteiger partial charge in [-0.3, -0.25) is 0 Å². The van der Waals surface area contributed by atoms with Crippen LogP contribution in [0.25, 0.3) is 5.65 Å². The van der Waals surface area contributed by atoms with Crippen molar-refractivity contribution in [2.75, 3.05) is 5.32 Å². The molecule has 96 valence electrons. The molecule has 0 aliphatic carbocycles. The largest absolute Gasteiger partial charge is 0.340 e. The minimum absolute atomic E-state index is 0.530. The first-order chi connectivity index (χ1) is 9.26. The zero-order valence-electron chi connectivity index (χ0n) is 10.7. The molecule has 3 rings (SSSR count). The van der Waals surface area contributed by atoms with Crippen LogP contribution in [0.3, 0.4) is 0 Å². The minimum atomic E-state index is 0.530. The molecule has 0 aliphatic rings. The van der Waals surface area contributed by atoms with E-state index in [1.54, 1.807) is 10.8 Å². The number of nitrogens with one attached hydrogen (secondary N) is 1. The third-order valence-electron chi connectivity index (χ3n) is 2.96. The average molecular weight is 253 g/mol. The van der Waals surface area contributed by atoms with Gasteiger partial charge in [-0.25, -0.2) is 4.98 Å². The molecular weight excluding hydrogens is 238 g/mol. The lowest BCUT2D eigenvalue weighted by Crippen LogP contribution is -2.02. The SMILES string of the molecule is Cc1cc(Nc2cccc(CN)c2)n2ncnc2c1. The molecule has 5 nitrogen and oxygen atoms in total. The van der Waals surface area contributed by atoms with E-state index in [0.29, 0.717) is 6.54 Å². The van der Waals surface area contributed by atoms with E-state index in [1.165, 1.54) is 0 Å². The number of hydrogen-bond acceptors (Lipinski definition) is 4. The quantitative estimate of drug-likeness (QED) is 0.751. The fourth-order valence-electron chi connectivity index (χ4n) is 2.07. The van der Waals surface area contributed by atoms with E-state index in [2.05, 4.69) is 15.4 Å². The summed E-state index contributed by atoms with van der Waals surface area (Å²) in [7, 11) is 0. The van der Waals surface area contributed by atoms with Crippen molar-refractivity contribution in [3.8, 4) is 0 Å². The molecule has 19 heavy (non-hydrogen) atoms. The van der Waals surface area contributed by atoms with Crippen molar-refractivity contribution < 1.29 is 0 Å². The van der Waals surface area contributed by atoms with Crippen LogP contribution in [0.15, 0.2) is 42.7 Å². The summed E-state index contributed by atoms with van der Waals surface area (Å²) in [6.45, 7) is 2.57. The number of benzene rings is 1. The predicted octanol–water partition coefficient (Wildman–Crippen LogP) is 2.24. The molecule has 0 spiro atoms. The maximum Gasteiger partial charge on any atom is 0.157 e. The number of anilines is 2. The molecule has 2 heterocycles. The molecule has 0 radical (unpaired) electrons. The molecule has 1 aromatic carbocycles. The fraction of sp³-hybridized carbons (Fsp3) is 0.143. The van der Waals surface area contributed by atoms with Crippen molar-refractivity contribution in [3.63, 3.8) is 0 Å². The van der Waals surface area contributed by atoms with E-state index in [0.717, 1.165) is 28.3 Å². The smallest absolute Gasteiger partial charge is 0.157 e. The Morgan fingerprint density at radius 1 is 1.26 bits per heavy atom. The van der Waals surface area contributed by atoms with E-state index in [1.807, 2.05) is 43.3 Å². The van der Waals surface area contributed by atoms with Gasteiger partial charge in [-0.05, 0) is 42.3 Å². The van der Waals surface area contributed by atoms with Gasteiger partial charge in [0.15, 0.2) is 5.65 Å².